The number of carbonyl (C=O) groups is 1. The first-order valence-corrected chi connectivity index (χ1v) is 7.03. The normalized spacial score (nSPS) is 12.5. The van der Waals surface area contributed by atoms with Crippen LogP contribution in [0.4, 0.5) is 0 Å². The van der Waals surface area contributed by atoms with Gasteiger partial charge in [-0.05, 0) is 26.6 Å². The van der Waals surface area contributed by atoms with Crippen LogP contribution < -0.4 is 0 Å². The maximum absolute atomic E-state index is 12.1. The third-order valence-electron chi connectivity index (χ3n) is 2.69. The van der Waals surface area contributed by atoms with E-state index in [1.54, 1.807) is 0 Å². The summed E-state index contributed by atoms with van der Waals surface area (Å²) in [6, 6.07) is 10.1. The Balaban J connectivity index is 2.68. The van der Waals surface area contributed by atoms with Crippen LogP contribution in [0, 0.1) is 0 Å². The molecular formula is C14H21BrN2O. The second kappa shape index (κ2) is 7.54. The van der Waals surface area contributed by atoms with Crippen molar-refractivity contribution in [3.8, 4) is 0 Å². The molecule has 1 amide bonds. The number of likely N-dealkylation sites (N-methyl/N-ethyl adjacent to an activating group) is 1. The first-order chi connectivity index (χ1) is 8.50. The van der Waals surface area contributed by atoms with E-state index in [0.29, 0.717) is 6.54 Å². The molecule has 0 N–H and O–H groups in total. The standard InChI is InChI=1S/C14H21BrN2O/c1-12(15)14(18)17(10-9-16(2)3)11-13-7-5-4-6-8-13/h4-8,12H,9-11H2,1-3H3. The molecule has 3 nitrogen and oxygen atoms in total. The molecule has 1 atom stereocenters. The molecule has 1 unspecified atom stereocenters. The van der Waals surface area contributed by atoms with E-state index < -0.39 is 0 Å². The van der Waals surface area contributed by atoms with Crippen LogP contribution in [0.1, 0.15) is 12.5 Å². The second-order valence-electron chi connectivity index (χ2n) is 4.66. The maximum Gasteiger partial charge on any atom is 0.236 e. The Morgan fingerprint density at radius 2 is 1.83 bits per heavy atom. The van der Waals surface area contributed by atoms with Gasteiger partial charge in [0.05, 0.1) is 4.83 Å². The minimum Gasteiger partial charge on any atom is -0.336 e. The van der Waals surface area contributed by atoms with E-state index >= 15 is 0 Å². The molecule has 0 heterocycles. The highest BCUT2D eigenvalue weighted by molar-refractivity contribution is 9.10. The lowest BCUT2D eigenvalue weighted by atomic mass is 10.2. The number of carbonyl (C=O) groups excluding carboxylic acids is 1. The number of hydrogen-bond donors (Lipinski definition) is 0. The molecule has 18 heavy (non-hydrogen) atoms. The van der Waals surface area contributed by atoms with Gasteiger partial charge in [-0.1, -0.05) is 46.3 Å². The summed E-state index contributed by atoms with van der Waals surface area (Å²) >= 11 is 3.36. The van der Waals surface area contributed by atoms with Gasteiger partial charge in [0.2, 0.25) is 5.91 Å². The fourth-order valence-corrected chi connectivity index (χ4v) is 1.93. The van der Waals surface area contributed by atoms with E-state index in [0.717, 1.165) is 18.7 Å². The Kier molecular flexibility index (Phi) is 6.36. The van der Waals surface area contributed by atoms with Crippen molar-refractivity contribution < 1.29 is 4.79 Å². The van der Waals surface area contributed by atoms with Crippen LogP contribution in [0.25, 0.3) is 0 Å². The predicted molar refractivity (Wildman–Crippen MR) is 78.8 cm³/mol. The van der Waals surface area contributed by atoms with Gasteiger partial charge in [-0.3, -0.25) is 4.79 Å². The van der Waals surface area contributed by atoms with E-state index in [4.69, 9.17) is 0 Å². The monoisotopic (exact) mass is 312 g/mol. The van der Waals surface area contributed by atoms with Crippen molar-refractivity contribution in [2.24, 2.45) is 0 Å². The maximum atomic E-state index is 12.1. The zero-order chi connectivity index (χ0) is 13.5. The lowest BCUT2D eigenvalue weighted by molar-refractivity contribution is -0.130. The molecule has 1 rings (SSSR count). The van der Waals surface area contributed by atoms with Crippen molar-refractivity contribution in [2.75, 3.05) is 27.2 Å². The molecule has 0 aliphatic rings. The summed E-state index contributed by atoms with van der Waals surface area (Å²) in [5.41, 5.74) is 1.16. The molecule has 1 aromatic rings. The highest BCUT2D eigenvalue weighted by atomic mass is 79.9. The molecule has 0 saturated heterocycles. The molecule has 100 valence electrons. The number of nitrogens with zero attached hydrogens (tertiary/aromatic N) is 2. The smallest absolute Gasteiger partial charge is 0.236 e. The molecule has 0 saturated carbocycles. The number of amides is 1. The SMILES string of the molecule is CC(Br)C(=O)N(CCN(C)C)Cc1ccccc1. The van der Waals surface area contributed by atoms with Crippen molar-refractivity contribution in [3.63, 3.8) is 0 Å². The molecule has 0 aliphatic heterocycles. The van der Waals surface area contributed by atoms with Gasteiger partial charge in [-0.15, -0.1) is 0 Å². The van der Waals surface area contributed by atoms with Gasteiger partial charge < -0.3 is 9.80 Å². The minimum absolute atomic E-state index is 0.136. The van der Waals surface area contributed by atoms with Crippen LogP contribution in [0.2, 0.25) is 0 Å². The molecule has 4 heteroatoms. The van der Waals surface area contributed by atoms with Gasteiger partial charge in [0.1, 0.15) is 0 Å². The van der Waals surface area contributed by atoms with E-state index in [2.05, 4.69) is 33.0 Å². The van der Waals surface area contributed by atoms with Crippen LogP contribution in [-0.4, -0.2) is 47.7 Å². The average Bonchev–Trinajstić information content (AvgIpc) is 2.34. The Hall–Kier alpha value is -0.870. The number of halogens is 1. The fraction of sp³-hybridized carbons (Fsp3) is 0.500. The van der Waals surface area contributed by atoms with Gasteiger partial charge in [0.25, 0.3) is 0 Å². The summed E-state index contributed by atoms with van der Waals surface area (Å²) < 4.78 is 0. The summed E-state index contributed by atoms with van der Waals surface area (Å²) in [7, 11) is 4.03. The van der Waals surface area contributed by atoms with Crippen LogP contribution in [0.3, 0.4) is 0 Å². The van der Waals surface area contributed by atoms with E-state index in [1.807, 2.05) is 44.1 Å². The minimum atomic E-state index is -0.136. The highest BCUT2D eigenvalue weighted by Crippen LogP contribution is 2.09. The zero-order valence-corrected chi connectivity index (χ0v) is 12.9. The van der Waals surface area contributed by atoms with Crippen LogP contribution in [0.15, 0.2) is 30.3 Å². The van der Waals surface area contributed by atoms with Gasteiger partial charge in [-0.25, -0.2) is 0 Å². The fourth-order valence-electron chi connectivity index (χ4n) is 1.64. The van der Waals surface area contributed by atoms with Crippen molar-refractivity contribution in [3.05, 3.63) is 35.9 Å². The Morgan fingerprint density at radius 3 is 2.33 bits per heavy atom. The number of benzene rings is 1. The largest absolute Gasteiger partial charge is 0.336 e. The highest BCUT2D eigenvalue weighted by Gasteiger charge is 2.18. The quantitative estimate of drug-likeness (QED) is 0.753. The predicted octanol–water partition coefficient (Wildman–Crippen LogP) is 2.36. The Morgan fingerprint density at radius 1 is 1.22 bits per heavy atom. The van der Waals surface area contributed by atoms with Crippen LogP contribution in [-0.2, 0) is 11.3 Å². The second-order valence-corrected chi connectivity index (χ2v) is 6.04. The van der Waals surface area contributed by atoms with E-state index in [1.165, 1.54) is 0 Å². The number of hydrogen-bond acceptors (Lipinski definition) is 2. The van der Waals surface area contributed by atoms with E-state index in [-0.39, 0.29) is 10.7 Å². The van der Waals surface area contributed by atoms with Crippen molar-refractivity contribution in [2.45, 2.75) is 18.3 Å². The molecule has 1 aromatic carbocycles. The van der Waals surface area contributed by atoms with Crippen molar-refractivity contribution in [1.82, 2.24) is 9.80 Å². The molecule has 0 fully saturated rings. The summed E-state index contributed by atoms with van der Waals surface area (Å²) in [4.78, 5) is 16.0. The Labute approximate surface area is 118 Å². The summed E-state index contributed by atoms with van der Waals surface area (Å²) in [5, 5.41) is 0. The third-order valence-corrected chi connectivity index (χ3v) is 3.08. The Bertz CT molecular complexity index is 365. The summed E-state index contributed by atoms with van der Waals surface area (Å²) in [5.74, 6) is 0.140. The van der Waals surface area contributed by atoms with Crippen LogP contribution in [0.5, 0.6) is 0 Å². The number of alkyl halides is 1. The average molecular weight is 313 g/mol. The van der Waals surface area contributed by atoms with Crippen molar-refractivity contribution >= 4 is 21.8 Å². The van der Waals surface area contributed by atoms with Crippen LogP contribution >= 0.6 is 15.9 Å². The molecule has 0 aromatic heterocycles. The topological polar surface area (TPSA) is 23.6 Å². The number of rotatable bonds is 6. The first-order valence-electron chi connectivity index (χ1n) is 6.12. The van der Waals surface area contributed by atoms with Crippen molar-refractivity contribution in [1.29, 1.82) is 0 Å². The van der Waals surface area contributed by atoms with E-state index in [9.17, 15) is 4.79 Å². The molecule has 0 bridgehead atoms. The molecule has 0 spiro atoms. The third kappa shape index (κ3) is 5.19. The molecule has 0 radical (unpaired) electrons. The first kappa shape index (κ1) is 15.2. The molecule has 0 aliphatic carbocycles. The lowest BCUT2D eigenvalue weighted by Crippen LogP contribution is -2.39. The molecular weight excluding hydrogens is 292 g/mol. The summed E-state index contributed by atoms with van der Waals surface area (Å²) in [6.45, 7) is 4.16. The summed E-state index contributed by atoms with van der Waals surface area (Å²) in [6.07, 6.45) is 0. The lowest BCUT2D eigenvalue weighted by Gasteiger charge is -2.25. The van der Waals surface area contributed by atoms with Gasteiger partial charge in [0, 0.05) is 19.6 Å². The van der Waals surface area contributed by atoms with Gasteiger partial charge in [0.15, 0.2) is 0 Å². The van der Waals surface area contributed by atoms with Gasteiger partial charge in [-0.2, -0.15) is 0 Å². The zero-order valence-electron chi connectivity index (χ0n) is 11.3. The van der Waals surface area contributed by atoms with Gasteiger partial charge >= 0.3 is 0 Å².